The third kappa shape index (κ3) is 1.91. The molecule has 2 N–H and O–H groups in total. The molecule has 1 aromatic rings. The lowest BCUT2D eigenvalue weighted by molar-refractivity contribution is 0.413. The topological polar surface area (TPSA) is 52.0 Å². The zero-order valence-electron chi connectivity index (χ0n) is 8.63. The van der Waals surface area contributed by atoms with Gasteiger partial charge in [-0.25, -0.2) is 0 Å². The molecule has 3 rings (SSSR count). The van der Waals surface area contributed by atoms with Crippen LogP contribution in [0.15, 0.2) is 4.52 Å². The Labute approximate surface area is 93.9 Å². The molecule has 2 aliphatic rings. The van der Waals surface area contributed by atoms with Crippen molar-refractivity contribution in [3.8, 4) is 0 Å². The molecule has 1 aromatic heterocycles. The zero-order chi connectivity index (χ0) is 10.5. The first kappa shape index (κ1) is 9.67. The van der Waals surface area contributed by atoms with Gasteiger partial charge in [0.15, 0.2) is 0 Å². The average Bonchev–Trinajstić information content (AvgIpc) is 3.10. The maximum Gasteiger partial charge on any atom is 0.229 e. The highest BCUT2D eigenvalue weighted by molar-refractivity contribution is 6.29. The van der Waals surface area contributed by atoms with Gasteiger partial charge in [-0.3, -0.25) is 0 Å². The van der Waals surface area contributed by atoms with E-state index in [9.17, 15) is 0 Å². The number of nitrogens with zero attached hydrogens (tertiary/aromatic N) is 1. The summed E-state index contributed by atoms with van der Waals surface area (Å²) in [5.41, 5.74) is 8.34. The highest BCUT2D eigenvalue weighted by atomic mass is 35.5. The predicted octanol–water partition coefficient (Wildman–Crippen LogP) is 2.63. The lowest BCUT2D eigenvalue weighted by Crippen LogP contribution is -2.22. The van der Waals surface area contributed by atoms with Gasteiger partial charge in [0.1, 0.15) is 0 Å². The van der Waals surface area contributed by atoms with Gasteiger partial charge in [0.25, 0.3) is 0 Å². The number of nitrogens with two attached hydrogens (primary N) is 1. The summed E-state index contributed by atoms with van der Waals surface area (Å²) < 4.78 is 5.06. The standard InChI is InChI=1S/C11H15ClN2O/c12-10-8(3-4-11(13)5-6-11)9(14-15-10)7-1-2-7/h7H,1-6,13H2. The van der Waals surface area contributed by atoms with E-state index in [1.165, 1.54) is 12.8 Å². The molecular weight excluding hydrogens is 212 g/mol. The van der Waals surface area contributed by atoms with Crippen molar-refractivity contribution in [1.82, 2.24) is 5.16 Å². The summed E-state index contributed by atoms with van der Waals surface area (Å²) in [6, 6.07) is 0. The minimum absolute atomic E-state index is 0.0847. The lowest BCUT2D eigenvalue weighted by atomic mass is 10.0. The van der Waals surface area contributed by atoms with Gasteiger partial charge in [-0.2, -0.15) is 0 Å². The number of aromatic nitrogens is 1. The van der Waals surface area contributed by atoms with Crippen LogP contribution in [0.3, 0.4) is 0 Å². The smallest absolute Gasteiger partial charge is 0.229 e. The Morgan fingerprint density at radius 3 is 2.80 bits per heavy atom. The second kappa shape index (κ2) is 3.22. The minimum atomic E-state index is 0.0847. The highest BCUT2D eigenvalue weighted by Crippen LogP contribution is 2.44. The summed E-state index contributed by atoms with van der Waals surface area (Å²) in [7, 11) is 0. The van der Waals surface area contributed by atoms with Crippen LogP contribution < -0.4 is 5.73 Å². The molecule has 0 aliphatic heterocycles. The third-order valence-electron chi connectivity index (χ3n) is 3.50. The summed E-state index contributed by atoms with van der Waals surface area (Å²) in [6.07, 6.45) is 6.68. The molecule has 2 fully saturated rings. The highest BCUT2D eigenvalue weighted by Gasteiger charge is 2.39. The second-order valence-corrected chi connectivity index (χ2v) is 5.30. The van der Waals surface area contributed by atoms with Crippen LogP contribution in [0.25, 0.3) is 0 Å². The van der Waals surface area contributed by atoms with Crippen LogP contribution >= 0.6 is 11.6 Å². The fourth-order valence-corrected chi connectivity index (χ4v) is 2.21. The van der Waals surface area contributed by atoms with Crippen LogP contribution in [-0.4, -0.2) is 10.7 Å². The predicted molar refractivity (Wildman–Crippen MR) is 58.0 cm³/mol. The number of rotatable bonds is 4. The van der Waals surface area contributed by atoms with Crippen molar-refractivity contribution in [2.24, 2.45) is 5.73 Å². The van der Waals surface area contributed by atoms with Crippen molar-refractivity contribution in [3.05, 3.63) is 16.5 Å². The van der Waals surface area contributed by atoms with E-state index in [1.807, 2.05) is 0 Å². The Morgan fingerprint density at radius 1 is 1.47 bits per heavy atom. The van der Waals surface area contributed by atoms with E-state index in [0.29, 0.717) is 11.1 Å². The first-order valence-corrected chi connectivity index (χ1v) is 5.99. The molecule has 0 amide bonds. The van der Waals surface area contributed by atoms with Crippen LogP contribution in [0.2, 0.25) is 5.22 Å². The minimum Gasteiger partial charge on any atom is -0.344 e. The molecule has 15 heavy (non-hydrogen) atoms. The van der Waals surface area contributed by atoms with Crippen molar-refractivity contribution in [2.45, 2.75) is 50.0 Å². The van der Waals surface area contributed by atoms with Crippen LogP contribution in [-0.2, 0) is 6.42 Å². The van der Waals surface area contributed by atoms with Crippen LogP contribution in [0.1, 0.15) is 49.3 Å². The molecule has 0 spiro atoms. The summed E-state index contributed by atoms with van der Waals surface area (Å²) in [6.45, 7) is 0. The van der Waals surface area contributed by atoms with E-state index in [1.54, 1.807) is 0 Å². The quantitative estimate of drug-likeness (QED) is 0.859. The van der Waals surface area contributed by atoms with E-state index in [4.69, 9.17) is 21.9 Å². The van der Waals surface area contributed by atoms with Crippen molar-refractivity contribution < 1.29 is 4.52 Å². The number of halogens is 1. The Hall–Kier alpha value is -0.540. The Balaban J connectivity index is 1.74. The molecule has 2 saturated carbocycles. The van der Waals surface area contributed by atoms with Crippen LogP contribution in [0, 0.1) is 0 Å². The first-order chi connectivity index (χ1) is 7.18. The molecule has 0 atom stereocenters. The molecule has 2 aliphatic carbocycles. The van der Waals surface area contributed by atoms with Gasteiger partial charge < -0.3 is 10.3 Å². The summed E-state index contributed by atoms with van der Waals surface area (Å²) in [5.74, 6) is 0.601. The molecular formula is C11H15ClN2O. The van der Waals surface area contributed by atoms with Gasteiger partial charge in [0.2, 0.25) is 5.22 Å². The van der Waals surface area contributed by atoms with Gasteiger partial charge in [-0.15, -0.1) is 0 Å². The zero-order valence-corrected chi connectivity index (χ0v) is 9.39. The van der Waals surface area contributed by atoms with Gasteiger partial charge in [-0.05, 0) is 50.1 Å². The van der Waals surface area contributed by atoms with Gasteiger partial charge in [-0.1, -0.05) is 5.16 Å². The molecule has 4 heteroatoms. The fraction of sp³-hybridized carbons (Fsp3) is 0.727. The van der Waals surface area contributed by atoms with Gasteiger partial charge in [0.05, 0.1) is 5.69 Å². The maximum absolute atomic E-state index is 6.06. The SMILES string of the molecule is NC1(CCc2c(C3CC3)noc2Cl)CC1. The van der Waals surface area contributed by atoms with E-state index in [0.717, 1.165) is 36.9 Å². The molecule has 0 aromatic carbocycles. The van der Waals surface area contributed by atoms with E-state index < -0.39 is 0 Å². The lowest BCUT2D eigenvalue weighted by Gasteiger charge is -2.07. The molecule has 1 heterocycles. The number of hydrogen-bond acceptors (Lipinski definition) is 3. The number of hydrogen-bond donors (Lipinski definition) is 1. The van der Waals surface area contributed by atoms with E-state index in [-0.39, 0.29) is 5.54 Å². The summed E-state index contributed by atoms with van der Waals surface area (Å²) in [4.78, 5) is 0. The molecule has 0 unspecified atom stereocenters. The van der Waals surface area contributed by atoms with Gasteiger partial charge in [0, 0.05) is 17.0 Å². The monoisotopic (exact) mass is 226 g/mol. The normalized spacial score (nSPS) is 23.1. The van der Waals surface area contributed by atoms with Crippen LogP contribution in [0.5, 0.6) is 0 Å². The fourth-order valence-electron chi connectivity index (χ4n) is 1.99. The van der Waals surface area contributed by atoms with Gasteiger partial charge >= 0.3 is 0 Å². The molecule has 0 saturated heterocycles. The summed E-state index contributed by atoms with van der Waals surface area (Å²) >= 11 is 6.00. The van der Waals surface area contributed by atoms with Crippen LogP contribution in [0.4, 0.5) is 0 Å². The van der Waals surface area contributed by atoms with E-state index in [2.05, 4.69) is 5.16 Å². The van der Waals surface area contributed by atoms with Crippen molar-refractivity contribution in [3.63, 3.8) is 0 Å². The maximum atomic E-state index is 6.06. The Kier molecular flexibility index (Phi) is 2.08. The molecule has 0 bridgehead atoms. The Morgan fingerprint density at radius 2 is 2.20 bits per heavy atom. The molecule has 82 valence electrons. The third-order valence-corrected chi connectivity index (χ3v) is 3.80. The van der Waals surface area contributed by atoms with Crippen molar-refractivity contribution in [1.29, 1.82) is 0 Å². The first-order valence-electron chi connectivity index (χ1n) is 5.61. The second-order valence-electron chi connectivity index (χ2n) is 4.96. The summed E-state index contributed by atoms with van der Waals surface area (Å²) in [5, 5.41) is 4.52. The van der Waals surface area contributed by atoms with E-state index >= 15 is 0 Å². The molecule has 3 nitrogen and oxygen atoms in total. The largest absolute Gasteiger partial charge is 0.344 e. The van der Waals surface area contributed by atoms with Crippen molar-refractivity contribution >= 4 is 11.6 Å². The Bertz CT molecular complexity index is 380. The average molecular weight is 227 g/mol. The molecule has 0 radical (unpaired) electrons. The van der Waals surface area contributed by atoms with Crippen molar-refractivity contribution in [2.75, 3.05) is 0 Å².